The standard InChI is InChI=1S/C22H28N4O4S2/c1-2-30-21(29)17-13-32-22(24-17)25-18(27)16-12-31-19(23-16)14-8-10-26(11-9-14)20(28)15-6-4-3-5-7-15/h12-15H,2-11H2,1H3,(H,24,25,27). The Balaban J connectivity index is 1.30. The molecule has 2 fully saturated rings. The Kier molecular flexibility index (Phi) is 7.51. The molecular weight excluding hydrogens is 448 g/mol. The van der Waals surface area contributed by atoms with E-state index >= 15 is 0 Å². The third-order valence-electron chi connectivity index (χ3n) is 6.07. The highest BCUT2D eigenvalue weighted by atomic mass is 32.1. The lowest BCUT2D eigenvalue weighted by Crippen LogP contribution is -2.41. The van der Waals surface area contributed by atoms with Gasteiger partial charge in [-0.05, 0) is 32.6 Å². The normalized spacial score (nSPS) is 17.8. The maximum absolute atomic E-state index is 12.8. The summed E-state index contributed by atoms with van der Waals surface area (Å²) in [5.74, 6) is -0.0402. The quantitative estimate of drug-likeness (QED) is 0.623. The van der Waals surface area contributed by atoms with Gasteiger partial charge < -0.3 is 9.64 Å². The number of hydrogen-bond acceptors (Lipinski definition) is 8. The summed E-state index contributed by atoms with van der Waals surface area (Å²) in [6, 6.07) is 0. The van der Waals surface area contributed by atoms with Crippen LogP contribution >= 0.6 is 22.7 Å². The molecule has 172 valence electrons. The molecule has 0 aromatic carbocycles. The minimum Gasteiger partial charge on any atom is -0.461 e. The van der Waals surface area contributed by atoms with Crippen molar-refractivity contribution in [3.8, 4) is 0 Å². The number of nitrogens with one attached hydrogen (secondary N) is 1. The highest BCUT2D eigenvalue weighted by Gasteiger charge is 2.30. The number of likely N-dealkylation sites (tertiary alicyclic amines) is 1. The van der Waals surface area contributed by atoms with Gasteiger partial charge in [0.25, 0.3) is 5.91 Å². The number of anilines is 1. The topological polar surface area (TPSA) is 101 Å². The zero-order chi connectivity index (χ0) is 22.5. The third kappa shape index (κ3) is 5.35. The molecule has 2 aromatic rings. The molecule has 0 spiro atoms. The van der Waals surface area contributed by atoms with Crippen molar-refractivity contribution in [1.29, 1.82) is 0 Å². The lowest BCUT2D eigenvalue weighted by atomic mass is 9.87. The van der Waals surface area contributed by atoms with Gasteiger partial charge in [0.1, 0.15) is 5.69 Å². The molecule has 3 heterocycles. The van der Waals surface area contributed by atoms with E-state index in [4.69, 9.17) is 4.74 Å². The smallest absolute Gasteiger partial charge is 0.357 e. The van der Waals surface area contributed by atoms with Crippen molar-refractivity contribution in [1.82, 2.24) is 14.9 Å². The molecule has 10 heteroatoms. The van der Waals surface area contributed by atoms with Crippen LogP contribution in [0.2, 0.25) is 0 Å². The van der Waals surface area contributed by atoms with E-state index in [1.165, 1.54) is 41.9 Å². The van der Waals surface area contributed by atoms with Gasteiger partial charge in [-0.1, -0.05) is 19.3 Å². The van der Waals surface area contributed by atoms with Crippen molar-refractivity contribution in [2.75, 3.05) is 25.0 Å². The molecule has 2 amide bonds. The van der Waals surface area contributed by atoms with Crippen molar-refractivity contribution < 1.29 is 19.1 Å². The number of hydrogen-bond donors (Lipinski definition) is 1. The van der Waals surface area contributed by atoms with E-state index in [0.717, 1.165) is 43.8 Å². The molecule has 1 N–H and O–H groups in total. The third-order valence-corrected chi connectivity index (χ3v) is 7.84. The van der Waals surface area contributed by atoms with Crippen LogP contribution in [-0.4, -0.2) is 52.3 Å². The average molecular weight is 477 g/mol. The summed E-state index contributed by atoms with van der Waals surface area (Å²) in [6.45, 7) is 3.52. The Labute approximate surface area is 195 Å². The minimum atomic E-state index is -0.506. The molecule has 0 unspecified atom stereocenters. The van der Waals surface area contributed by atoms with E-state index < -0.39 is 5.97 Å². The van der Waals surface area contributed by atoms with Crippen LogP contribution in [0.3, 0.4) is 0 Å². The van der Waals surface area contributed by atoms with Crippen LogP contribution in [0.4, 0.5) is 5.13 Å². The van der Waals surface area contributed by atoms with Gasteiger partial charge in [0.05, 0.1) is 11.6 Å². The summed E-state index contributed by atoms with van der Waals surface area (Å²) < 4.78 is 4.92. The SMILES string of the molecule is CCOC(=O)c1csc(NC(=O)c2csc(C3CCN(C(=O)C4CCCCC4)CC3)n2)n1. The molecule has 1 aliphatic heterocycles. The van der Waals surface area contributed by atoms with Crippen LogP contribution in [-0.2, 0) is 9.53 Å². The zero-order valence-electron chi connectivity index (χ0n) is 18.2. The first-order valence-corrected chi connectivity index (χ1v) is 13.0. The second-order valence-electron chi connectivity index (χ2n) is 8.22. The van der Waals surface area contributed by atoms with Gasteiger partial charge in [0.15, 0.2) is 10.8 Å². The molecule has 32 heavy (non-hydrogen) atoms. The summed E-state index contributed by atoms with van der Waals surface area (Å²) in [4.78, 5) is 47.7. The maximum Gasteiger partial charge on any atom is 0.357 e. The van der Waals surface area contributed by atoms with Crippen LogP contribution in [0.5, 0.6) is 0 Å². The second-order valence-corrected chi connectivity index (χ2v) is 9.97. The highest BCUT2D eigenvalue weighted by Crippen LogP contribution is 2.33. The molecule has 0 bridgehead atoms. The molecule has 1 saturated heterocycles. The number of carbonyl (C=O) groups is 3. The summed E-state index contributed by atoms with van der Waals surface area (Å²) in [7, 11) is 0. The first-order valence-electron chi connectivity index (χ1n) is 11.2. The summed E-state index contributed by atoms with van der Waals surface area (Å²) in [5.41, 5.74) is 0.527. The van der Waals surface area contributed by atoms with Crippen LogP contribution in [0.15, 0.2) is 10.8 Å². The maximum atomic E-state index is 12.8. The van der Waals surface area contributed by atoms with E-state index in [1.54, 1.807) is 17.7 Å². The Morgan fingerprint density at radius 2 is 1.75 bits per heavy atom. The molecule has 2 aliphatic rings. The average Bonchev–Trinajstić information content (AvgIpc) is 3.50. The molecule has 1 aliphatic carbocycles. The molecule has 2 aromatic heterocycles. The fourth-order valence-electron chi connectivity index (χ4n) is 4.33. The van der Waals surface area contributed by atoms with E-state index in [9.17, 15) is 14.4 Å². The number of ether oxygens (including phenoxy) is 1. The van der Waals surface area contributed by atoms with Crippen LogP contribution in [0, 0.1) is 5.92 Å². The Hall–Kier alpha value is -2.33. The number of rotatable bonds is 6. The van der Waals surface area contributed by atoms with Crippen LogP contribution in [0.1, 0.15) is 83.8 Å². The second kappa shape index (κ2) is 10.5. The van der Waals surface area contributed by atoms with E-state index in [0.29, 0.717) is 16.7 Å². The zero-order valence-corrected chi connectivity index (χ0v) is 19.8. The van der Waals surface area contributed by atoms with Crippen molar-refractivity contribution in [3.05, 3.63) is 27.2 Å². The van der Waals surface area contributed by atoms with Gasteiger partial charge >= 0.3 is 5.97 Å². The molecular formula is C22H28N4O4S2. The number of amides is 2. The Morgan fingerprint density at radius 1 is 1.03 bits per heavy atom. The lowest BCUT2D eigenvalue weighted by molar-refractivity contribution is -0.137. The van der Waals surface area contributed by atoms with E-state index in [2.05, 4.69) is 15.3 Å². The first kappa shape index (κ1) is 22.8. The lowest BCUT2D eigenvalue weighted by Gasteiger charge is -2.34. The van der Waals surface area contributed by atoms with Gasteiger partial charge in [0, 0.05) is 35.7 Å². The first-order chi connectivity index (χ1) is 15.5. The fourth-order valence-corrected chi connectivity index (χ4v) is 5.97. The number of nitrogens with zero attached hydrogens (tertiary/aromatic N) is 3. The van der Waals surface area contributed by atoms with Gasteiger partial charge in [0.2, 0.25) is 5.91 Å². The number of thiazole rings is 2. The molecule has 1 saturated carbocycles. The van der Waals surface area contributed by atoms with Crippen LogP contribution < -0.4 is 5.32 Å². The van der Waals surface area contributed by atoms with Gasteiger partial charge in [-0.25, -0.2) is 14.8 Å². The largest absolute Gasteiger partial charge is 0.461 e. The summed E-state index contributed by atoms with van der Waals surface area (Å²) in [6.07, 6.45) is 7.41. The summed E-state index contributed by atoms with van der Waals surface area (Å²) >= 11 is 2.65. The predicted molar refractivity (Wildman–Crippen MR) is 123 cm³/mol. The van der Waals surface area contributed by atoms with Gasteiger partial charge in [-0.15, -0.1) is 22.7 Å². The van der Waals surface area contributed by atoms with Crippen LogP contribution in [0.25, 0.3) is 0 Å². The number of carbonyl (C=O) groups excluding carboxylic acids is 3. The van der Waals surface area contributed by atoms with E-state index in [-0.39, 0.29) is 30.0 Å². The monoisotopic (exact) mass is 476 g/mol. The minimum absolute atomic E-state index is 0.181. The predicted octanol–water partition coefficient (Wildman–Crippen LogP) is 4.31. The number of aromatic nitrogens is 2. The molecule has 0 radical (unpaired) electrons. The van der Waals surface area contributed by atoms with Crippen molar-refractivity contribution in [3.63, 3.8) is 0 Å². The molecule has 0 atom stereocenters. The fraction of sp³-hybridized carbons (Fsp3) is 0.591. The van der Waals surface area contributed by atoms with Crippen molar-refractivity contribution in [2.45, 2.75) is 57.8 Å². The highest BCUT2D eigenvalue weighted by molar-refractivity contribution is 7.14. The van der Waals surface area contributed by atoms with Crippen molar-refractivity contribution >= 4 is 45.6 Å². The number of piperidine rings is 1. The summed E-state index contributed by atoms with van der Waals surface area (Å²) in [5, 5.41) is 7.29. The van der Waals surface area contributed by atoms with Crippen molar-refractivity contribution in [2.24, 2.45) is 5.92 Å². The molecule has 4 rings (SSSR count). The molecule has 8 nitrogen and oxygen atoms in total. The van der Waals surface area contributed by atoms with Gasteiger partial charge in [-0.2, -0.15) is 0 Å². The van der Waals surface area contributed by atoms with E-state index in [1.807, 2.05) is 4.90 Å². The van der Waals surface area contributed by atoms with Gasteiger partial charge in [-0.3, -0.25) is 14.9 Å². The number of esters is 1. The Morgan fingerprint density at radius 3 is 2.47 bits per heavy atom. The Bertz CT molecular complexity index is 959.